The number of morpholine rings is 1. The number of ether oxygens (including phenoxy) is 1. The maximum absolute atomic E-state index is 12.8. The Hall–Kier alpha value is -1.59. The lowest BCUT2D eigenvalue weighted by Gasteiger charge is -2.62. The molecule has 0 aromatic heterocycles. The first-order valence-corrected chi connectivity index (χ1v) is 12.0. The number of urea groups is 1. The molecule has 1 heterocycles. The molecule has 1 aliphatic heterocycles. The van der Waals surface area contributed by atoms with Crippen LogP contribution in [0.5, 0.6) is 0 Å². The Balaban J connectivity index is 1.19. The first-order valence-electron chi connectivity index (χ1n) is 12.0. The minimum Gasteiger partial charge on any atom is -0.379 e. The van der Waals surface area contributed by atoms with Gasteiger partial charge in [-0.15, -0.1) is 0 Å². The average Bonchev–Trinajstić information content (AvgIpc) is 2.71. The van der Waals surface area contributed by atoms with Crippen molar-refractivity contribution in [3.05, 3.63) is 35.4 Å². The summed E-state index contributed by atoms with van der Waals surface area (Å²) < 4.78 is 5.40. The highest BCUT2D eigenvalue weighted by Gasteiger charge is 2.58. The molecule has 5 heteroatoms. The van der Waals surface area contributed by atoms with Crippen molar-refractivity contribution in [2.24, 2.45) is 11.8 Å². The highest BCUT2D eigenvalue weighted by atomic mass is 16.5. The Morgan fingerprint density at radius 1 is 1.10 bits per heavy atom. The Kier molecular flexibility index (Phi) is 5.53. The average molecular weight is 412 g/mol. The number of hydrogen-bond donors (Lipinski definition) is 2. The predicted octanol–water partition coefficient (Wildman–Crippen LogP) is 3.61. The zero-order chi connectivity index (χ0) is 20.6. The number of amides is 2. The van der Waals surface area contributed by atoms with E-state index in [1.165, 1.54) is 30.4 Å². The van der Waals surface area contributed by atoms with Gasteiger partial charge in [0.2, 0.25) is 0 Å². The van der Waals surface area contributed by atoms with E-state index in [0.717, 1.165) is 76.9 Å². The number of aryl methyl sites for hydroxylation is 1. The number of carbonyl (C=O) groups is 1. The zero-order valence-electron chi connectivity index (χ0n) is 18.4. The Labute approximate surface area is 180 Å². The number of nitrogens with one attached hydrogen (secondary N) is 2. The van der Waals surface area contributed by atoms with Crippen LogP contribution in [0.15, 0.2) is 24.3 Å². The molecule has 4 aliphatic carbocycles. The summed E-state index contributed by atoms with van der Waals surface area (Å²) in [5.41, 5.74) is 3.08. The number of carbonyl (C=O) groups excluding carboxylic acids is 1. The molecular formula is C25H37N3O2. The highest BCUT2D eigenvalue weighted by molar-refractivity contribution is 5.75. The molecule has 2 N–H and O–H groups in total. The number of rotatable bonds is 6. The van der Waals surface area contributed by atoms with Crippen molar-refractivity contribution in [2.75, 3.05) is 39.4 Å². The Morgan fingerprint density at radius 2 is 1.80 bits per heavy atom. The molecule has 0 radical (unpaired) electrons. The van der Waals surface area contributed by atoms with Crippen molar-refractivity contribution in [1.29, 1.82) is 0 Å². The van der Waals surface area contributed by atoms with Gasteiger partial charge in [-0.25, -0.2) is 4.79 Å². The molecule has 30 heavy (non-hydrogen) atoms. The van der Waals surface area contributed by atoms with Crippen LogP contribution in [0.4, 0.5) is 4.79 Å². The molecule has 6 rings (SSSR count). The maximum atomic E-state index is 12.8. The van der Waals surface area contributed by atoms with Gasteiger partial charge >= 0.3 is 6.03 Å². The normalized spacial score (nSPS) is 35.4. The monoisotopic (exact) mass is 411 g/mol. The van der Waals surface area contributed by atoms with Crippen LogP contribution in [0.25, 0.3) is 0 Å². The molecule has 4 bridgehead atoms. The second kappa shape index (κ2) is 8.16. The molecule has 5 nitrogen and oxygen atoms in total. The Morgan fingerprint density at radius 3 is 2.50 bits per heavy atom. The van der Waals surface area contributed by atoms with Gasteiger partial charge in [-0.3, -0.25) is 4.90 Å². The van der Waals surface area contributed by atoms with Crippen LogP contribution in [0, 0.1) is 18.8 Å². The third-order valence-corrected chi connectivity index (χ3v) is 8.14. The largest absolute Gasteiger partial charge is 0.379 e. The molecule has 1 saturated heterocycles. The van der Waals surface area contributed by atoms with Gasteiger partial charge in [-0.05, 0) is 81.2 Å². The molecule has 5 fully saturated rings. The third kappa shape index (κ3) is 4.11. The van der Waals surface area contributed by atoms with Gasteiger partial charge in [-0.1, -0.05) is 29.8 Å². The molecule has 4 saturated carbocycles. The SMILES string of the molecule is Cc1ccc(C23C[C@@H]4C[C@H](CC(NC(=O)NCCCN5CCOCC5)(C4)C2)C3)cc1. The van der Waals surface area contributed by atoms with Crippen LogP contribution >= 0.6 is 0 Å². The molecule has 1 aromatic carbocycles. The van der Waals surface area contributed by atoms with Crippen molar-refractivity contribution in [1.82, 2.24) is 15.5 Å². The van der Waals surface area contributed by atoms with E-state index in [4.69, 9.17) is 4.74 Å². The van der Waals surface area contributed by atoms with Crippen molar-refractivity contribution >= 4 is 6.03 Å². The van der Waals surface area contributed by atoms with E-state index in [1.54, 1.807) is 0 Å². The molecule has 0 spiro atoms. The quantitative estimate of drug-likeness (QED) is 0.703. The first kappa shape index (κ1) is 20.3. The number of hydrogen-bond acceptors (Lipinski definition) is 3. The van der Waals surface area contributed by atoms with Crippen molar-refractivity contribution in [2.45, 2.75) is 62.8 Å². The molecule has 164 valence electrons. The summed E-state index contributed by atoms with van der Waals surface area (Å²) in [6, 6.07) is 9.26. The standard InChI is InChI=1S/C25H37N3O2/c1-19-3-5-22(6-4-19)24-14-20-13-21(15-24)17-25(16-20,18-24)27-23(29)26-7-2-8-28-9-11-30-12-10-28/h3-6,20-21H,2,7-18H2,1H3,(H2,26,27,29)/t20-,21-,24?,25?/m0/s1. The fourth-order valence-electron chi connectivity index (χ4n) is 7.27. The summed E-state index contributed by atoms with van der Waals surface area (Å²) in [6.07, 6.45) is 8.40. The van der Waals surface area contributed by atoms with Gasteiger partial charge in [-0.2, -0.15) is 0 Å². The predicted molar refractivity (Wildman–Crippen MR) is 119 cm³/mol. The fraction of sp³-hybridized carbons (Fsp3) is 0.720. The first-order chi connectivity index (χ1) is 14.5. The number of benzene rings is 1. The number of nitrogens with zero attached hydrogens (tertiary/aromatic N) is 1. The molecule has 0 unspecified atom stereocenters. The van der Waals surface area contributed by atoms with Gasteiger partial charge in [0, 0.05) is 25.2 Å². The Bertz CT molecular complexity index is 742. The summed E-state index contributed by atoms with van der Waals surface area (Å²) in [4.78, 5) is 15.2. The molecule has 2 amide bonds. The topological polar surface area (TPSA) is 53.6 Å². The fourth-order valence-corrected chi connectivity index (χ4v) is 7.27. The van der Waals surface area contributed by atoms with E-state index < -0.39 is 0 Å². The molecular weight excluding hydrogens is 374 g/mol. The maximum Gasteiger partial charge on any atom is 0.315 e. The van der Waals surface area contributed by atoms with Gasteiger partial charge in [0.25, 0.3) is 0 Å². The lowest BCUT2D eigenvalue weighted by Crippen LogP contribution is -2.65. The zero-order valence-corrected chi connectivity index (χ0v) is 18.4. The van der Waals surface area contributed by atoms with E-state index in [0.29, 0.717) is 0 Å². The van der Waals surface area contributed by atoms with Crippen LogP contribution in [0.1, 0.15) is 56.1 Å². The molecule has 2 atom stereocenters. The third-order valence-electron chi connectivity index (χ3n) is 8.14. The van der Waals surface area contributed by atoms with Crippen LogP contribution in [0.2, 0.25) is 0 Å². The summed E-state index contributed by atoms with van der Waals surface area (Å²) in [5, 5.41) is 6.63. The van der Waals surface area contributed by atoms with Gasteiger partial charge < -0.3 is 15.4 Å². The smallest absolute Gasteiger partial charge is 0.315 e. The summed E-state index contributed by atoms with van der Waals surface area (Å²) in [7, 11) is 0. The van der Waals surface area contributed by atoms with Crippen LogP contribution in [-0.4, -0.2) is 55.9 Å². The second-order valence-electron chi connectivity index (χ2n) is 10.6. The van der Waals surface area contributed by atoms with E-state index in [9.17, 15) is 4.79 Å². The van der Waals surface area contributed by atoms with E-state index in [-0.39, 0.29) is 17.0 Å². The van der Waals surface area contributed by atoms with Crippen molar-refractivity contribution in [3.63, 3.8) is 0 Å². The summed E-state index contributed by atoms with van der Waals surface area (Å²) in [6.45, 7) is 7.64. The van der Waals surface area contributed by atoms with E-state index in [1.807, 2.05) is 0 Å². The van der Waals surface area contributed by atoms with Crippen molar-refractivity contribution in [3.8, 4) is 0 Å². The van der Waals surface area contributed by atoms with Gasteiger partial charge in [0.15, 0.2) is 0 Å². The van der Waals surface area contributed by atoms with E-state index >= 15 is 0 Å². The van der Waals surface area contributed by atoms with Crippen LogP contribution in [-0.2, 0) is 10.2 Å². The summed E-state index contributed by atoms with van der Waals surface area (Å²) in [5.74, 6) is 1.52. The lowest BCUT2D eigenvalue weighted by atomic mass is 9.45. The van der Waals surface area contributed by atoms with Crippen LogP contribution < -0.4 is 10.6 Å². The van der Waals surface area contributed by atoms with Gasteiger partial charge in [0.05, 0.1) is 13.2 Å². The molecule has 5 aliphatic rings. The minimum atomic E-state index is -0.0107. The lowest BCUT2D eigenvalue weighted by molar-refractivity contribution is -0.0350. The second-order valence-corrected chi connectivity index (χ2v) is 10.6. The summed E-state index contributed by atoms with van der Waals surface area (Å²) >= 11 is 0. The van der Waals surface area contributed by atoms with E-state index in [2.05, 4.69) is 46.7 Å². The minimum absolute atomic E-state index is 0.0107. The van der Waals surface area contributed by atoms with Gasteiger partial charge in [0.1, 0.15) is 0 Å². The molecule has 1 aromatic rings. The highest BCUT2D eigenvalue weighted by Crippen LogP contribution is 2.62. The van der Waals surface area contributed by atoms with Crippen molar-refractivity contribution < 1.29 is 9.53 Å². The van der Waals surface area contributed by atoms with Crippen LogP contribution in [0.3, 0.4) is 0 Å².